The van der Waals surface area contributed by atoms with Crippen LogP contribution in [0.5, 0.6) is 17.5 Å². The van der Waals surface area contributed by atoms with Gasteiger partial charge in [0, 0.05) is 6.42 Å². The van der Waals surface area contributed by atoms with Gasteiger partial charge in [0.1, 0.15) is 17.5 Å². The Labute approximate surface area is 122 Å². The Morgan fingerprint density at radius 3 is 2.81 bits per heavy atom. The van der Waals surface area contributed by atoms with Crippen LogP contribution in [0.4, 0.5) is 0 Å². The SMILES string of the molecule is COc1cnc(C(N)C2Cc3ccccc3O2)c(OC)n1. The number of nitrogens with zero attached hydrogens (tertiary/aromatic N) is 2. The predicted molar refractivity (Wildman–Crippen MR) is 76.6 cm³/mol. The number of benzene rings is 1. The van der Waals surface area contributed by atoms with Crippen LogP contribution in [-0.4, -0.2) is 30.3 Å². The molecule has 1 aromatic heterocycles. The van der Waals surface area contributed by atoms with Crippen LogP contribution in [0.15, 0.2) is 30.5 Å². The van der Waals surface area contributed by atoms with E-state index < -0.39 is 6.04 Å². The lowest BCUT2D eigenvalue weighted by Crippen LogP contribution is -2.31. The molecule has 0 fully saturated rings. The molecule has 0 amide bonds. The highest BCUT2D eigenvalue weighted by Gasteiger charge is 2.32. The monoisotopic (exact) mass is 287 g/mol. The van der Waals surface area contributed by atoms with Gasteiger partial charge in [0.15, 0.2) is 0 Å². The zero-order chi connectivity index (χ0) is 14.8. The second kappa shape index (κ2) is 5.57. The van der Waals surface area contributed by atoms with Crippen LogP contribution in [0.3, 0.4) is 0 Å². The summed E-state index contributed by atoms with van der Waals surface area (Å²) in [4.78, 5) is 8.52. The third-order valence-corrected chi connectivity index (χ3v) is 3.54. The van der Waals surface area contributed by atoms with Gasteiger partial charge >= 0.3 is 0 Å². The summed E-state index contributed by atoms with van der Waals surface area (Å²) in [6.45, 7) is 0. The highest BCUT2D eigenvalue weighted by Crippen LogP contribution is 2.34. The van der Waals surface area contributed by atoms with E-state index in [2.05, 4.69) is 9.97 Å². The Bertz CT molecular complexity index is 623. The Morgan fingerprint density at radius 1 is 1.29 bits per heavy atom. The number of methoxy groups -OCH3 is 2. The second-order valence-electron chi connectivity index (χ2n) is 4.80. The molecule has 0 bridgehead atoms. The van der Waals surface area contributed by atoms with Crippen molar-refractivity contribution in [1.29, 1.82) is 0 Å². The van der Waals surface area contributed by atoms with Crippen LogP contribution in [0.25, 0.3) is 0 Å². The summed E-state index contributed by atoms with van der Waals surface area (Å²) >= 11 is 0. The third-order valence-electron chi connectivity index (χ3n) is 3.54. The van der Waals surface area contributed by atoms with Gasteiger partial charge in [-0.15, -0.1) is 0 Å². The molecule has 6 heteroatoms. The maximum atomic E-state index is 6.30. The molecule has 1 aromatic carbocycles. The Balaban J connectivity index is 1.85. The van der Waals surface area contributed by atoms with E-state index in [9.17, 15) is 0 Å². The number of para-hydroxylation sites is 1. The zero-order valence-corrected chi connectivity index (χ0v) is 11.9. The van der Waals surface area contributed by atoms with Crippen molar-refractivity contribution in [1.82, 2.24) is 9.97 Å². The van der Waals surface area contributed by atoms with Gasteiger partial charge in [0.25, 0.3) is 0 Å². The number of aromatic nitrogens is 2. The van der Waals surface area contributed by atoms with E-state index in [0.717, 1.165) is 17.7 Å². The van der Waals surface area contributed by atoms with E-state index >= 15 is 0 Å². The van der Waals surface area contributed by atoms with E-state index in [-0.39, 0.29) is 6.10 Å². The van der Waals surface area contributed by atoms with Crippen molar-refractivity contribution in [3.05, 3.63) is 41.7 Å². The average molecular weight is 287 g/mol. The Hall–Kier alpha value is -2.34. The summed E-state index contributed by atoms with van der Waals surface area (Å²) in [5.41, 5.74) is 8.02. The van der Waals surface area contributed by atoms with Crippen molar-refractivity contribution in [2.75, 3.05) is 14.2 Å². The summed E-state index contributed by atoms with van der Waals surface area (Å²) in [7, 11) is 3.06. The van der Waals surface area contributed by atoms with E-state index in [1.54, 1.807) is 0 Å². The minimum Gasteiger partial charge on any atom is -0.488 e. The molecule has 110 valence electrons. The van der Waals surface area contributed by atoms with Crippen LogP contribution >= 0.6 is 0 Å². The van der Waals surface area contributed by atoms with Crippen molar-refractivity contribution in [2.45, 2.75) is 18.6 Å². The molecule has 1 aliphatic heterocycles. The van der Waals surface area contributed by atoms with Crippen LogP contribution < -0.4 is 19.9 Å². The Morgan fingerprint density at radius 2 is 2.10 bits per heavy atom. The van der Waals surface area contributed by atoms with Gasteiger partial charge in [0.05, 0.1) is 26.5 Å². The lowest BCUT2D eigenvalue weighted by molar-refractivity contribution is 0.194. The molecule has 2 heterocycles. The summed E-state index contributed by atoms with van der Waals surface area (Å²) in [5.74, 6) is 1.62. The summed E-state index contributed by atoms with van der Waals surface area (Å²) in [6, 6.07) is 7.49. The molecule has 0 aliphatic carbocycles. The zero-order valence-electron chi connectivity index (χ0n) is 11.9. The molecule has 3 rings (SSSR count). The fourth-order valence-electron chi connectivity index (χ4n) is 2.43. The van der Waals surface area contributed by atoms with E-state index in [1.807, 2.05) is 24.3 Å². The topological polar surface area (TPSA) is 79.5 Å². The molecule has 2 aromatic rings. The minimum absolute atomic E-state index is 0.181. The largest absolute Gasteiger partial charge is 0.488 e. The number of nitrogens with two attached hydrogens (primary N) is 1. The molecule has 1 aliphatic rings. The first-order valence-electron chi connectivity index (χ1n) is 6.68. The minimum atomic E-state index is -0.425. The van der Waals surface area contributed by atoms with Crippen molar-refractivity contribution >= 4 is 0 Å². The number of hydrogen-bond donors (Lipinski definition) is 1. The standard InChI is InChI=1S/C15H17N3O3/c1-19-12-8-17-14(15(18-12)20-2)13(16)11-7-9-5-3-4-6-10(9)21-11/h3-6,8,11,13H,7,16H2,1-2H3. The van der Waals surface area contributed by atoms with Gasteiger partial charge in [-0.3, -0.25) is 0 Å². The normalized spacial score (nSPS) is 17.8. The average Bonchev–Trinajstić information content (AvgIpc) is 2.97. The van der Waals surface area contributed by atoms with E-state index in [4.69, 9.17) is 19.9 Å². The predicted octanol–water partition coefficient (Wildman–Crippen LogP) is 1.50. The maximum absolute atomic E-state index is 6.30. The lowest BCUT2D eigenvalue weighted by Gasteiger charge is -2.20. The van der Waals surface area contributed by atoms with Crippen LogP contribution in [0.2, 0.25) is 0 Å². The number of ether oxygens (including phenoxy) is 3. The van der Waals surface area contributed by atoms with Crippen molar-refractivity contribution < 1.29 is 14.2 Å². The molecule has 6 nitrogen and oxygen atoms in total. The third kappa shape index (κ3) is 2.50. The van der Waals surface area contributed by atoms with Crippen molar-refractivity contribution in [3.63, 3.8) is 0 Å². The van der Waals surface area contributed by atoms with E-state index in [0.29, 0.717) is 17.5 Å². The van der Waals surface area contributed by atoms with Crippen molar-refractivity contribution in [3.8, 4) is 17.5 Å². The molecular formula is C15H17N3O3. The molecule has 21 heavy (non-hydrogen) atoms. The first kappa shape index (κ1) is 13.6. The van der Waals surface area contributed by atoms with Crippen LogP contribution in [-0.2, 0) is 6.42 Å². The summed E-state index contributed by atoms with van der Waals surface area (Å²) in [6.07, 6.45) is 2.09. The lowest BCUT2D eigenvalue weighted by atomic mass is 10.0. The van der Waals surface area contributed by atoms with Gasteiger partial charge < -0.3 is 19.9 Å². The maximum Gasteiger partial charge on any atom is 0.240 e. The molecule has 0 saturated carbocycles. The molecular weight excluding hydrogens is 270 g/mol. The Kier molecular flexibility index (Phi) is 3.62. The van der Waals surface area contributed by atoms with Crippen molar-refractivity contribution in [2.24, 2.45) is 5.73 Å². The fourth-order valence-corrected chi connectivity index (χ4v) is 2.43. The summed E-state index contributed by atoms with van der Waals surface area (Å²) in [5, 5.41) is 0. The molecule has 0 saturated heterocycles. The fraction of sp³-hybridized carbons (Fsp3) is 0.333. The second-order valence-corrected chi connectivity index (χ2v) is 4.80. The molecule has 2 unspecified atom stereocenters. The van der Waals surface area contributed by atoms with Crippen LogP contribution in [0, 0.1) is 0 Å². The molecule has 2 atom stereocenters. The van der Waals surface area contributed by atoms with E-state index in [1.165, 1.54) is 20.4 Å². The first-order chi connectivity index (χ1) is 10.2. The quantitative estimate of drug-likeness (QED) is 0.918. The number of rotatable bonds is 4. The molecule has 2 N–H and O–H groups in total. The molecule has 0 radical (unpaired) electrons. The molecule has 0 spiro atoms. The smallest absolute Gasteiger partial charge is 0.240 e. The van der Waals surface area contributed by atoms with Gasteiger partial charge in [-0.25, -0.2) is 4.98 Å². The highest BCUT2D eigenvalue weighted by molar-refractivity contribution is 5.39. The number of hydrogen-bond acceptors (Lipinski definition) is 6. The van der Waals surface area contributed by atoms with Gasteiger partial charge in [0.2, 0.25) is 11.8 Å². The van der Waals surface area contributed by atoms with Gasteiger partial charge in [-0.2, -0.15) is 4.98 Å². The summed E-state index contributed by atoms with van der Waals surface area (Å²) < 4.78 is 16.2. The highest BCUT2D eigenvalue weighted by atomic mass is 16.5. The first-order valence-corrected chi connectivity index (χ1v) is 6.68. The van der Waals surface area contributed by atoms with Gasteiger partial charge in [-0.05, 0) is 11.6 Å². The van der Waals surface area contributed by atoms with Gasteiger partial charge in [-0.1, -0.05) is 18.2 Å². The number of fused-ring (bicyclic) bond motifs is 1. The van der Waals surface area contributed by atoms with Crippen LogP contribution in [0.1, 0.15) is 17.3 Å².